The van der Waals surface area contributed by atoms with Crippen LogP contribution in [-0.4, -0.2) is 44.0 Å². The van der Waals surface area contributed by atoms with E-state index in [1.54, 1.807) is 4.68 Å². The fraction of sp³-hybridized carbons (Fsp3) is 0.250. The van der Waals surface area contributed by atoms with E-state index >= 15 is 0 Å². The Labute approximate surface area is 199 Å². The molecule has 11 heteroatoms. The summed E-state index contributed by atoms with van der Waals surface area (Å²) in [5.74, 6) is -0.446. The standard InChI is InChI=1S/C24H22N6O5/c1-24(16-6-5-9-18(12-16)30(34)35)22(32)28(23(33)26-24)14-21(31)25-20-13-19(15-10-11-15)27-29(20)17-7-3-2-4-8-17/h2-9,12-13,15H,10-11,14H2,1H3,(H,25,31)(H,26,33). The van der Waals surface area contributed by atoms with Crippen molar-refractivity contribution in [1.82, 2.24) is 20.0 Å². The summed E-state index contributed by atoms with van der Waals surface area (Å²) in [5.41, 5.74) is 0.154. The number of carbonyl (C=O) groups is 3. The number of benzene rings is 2. The number of nitro groups is 1. The third-order valence-corrected chi connectivity index (χ3v) is 6.20. The van der Waals surface area contributed by atoms with E-state index in [0.29, 0.717) is 11.7 Å². The van der Waals surface area contributed by atoms with Gasteiger partial charge in [0.05, 0.1) is 16.3 Å². The SMILES string of the molecule is CC1(c2cccc([N+](=O)[O-])c2)NC(=O)N(CC(=O)Nc2cc(C3CC3)nn2-c2ccccc2)C1=O. The zero-order valence-electron chi connectivity index (χ0n) is 18.8. The highest BCUT2D eigenvalue weighted by atomic mass is 16.6. The first-order chi connectivity index (χ1) is 16.8. The summed E-state index contributed by atoms with van der Waals surface area (Å²) in [6.07, 6.45) is 2.08. The monoisotopic (exact) mass is 474 g/mol. The Kier molecular flexibility index (Phi) is 5.31. The van der Waals surface area contributed by atoms with Crippen LogP contribution in [-0.2, 0) is 15.1 Å². The number of imide groups is 1. The number of nitrogens with zero attached hydrogens (tertiary/aromatic N) is 4. The van der Waals surface area contributed by atoms with Crippen LogP contribution in [0.3, 0.4) is 0 Å². The van der Waals surface area contributed by atoms with Gasteiger partial charge in [0.15, 0.2) is 0 Å². The van der Waals surface area contributed by atoms with Gasteiger partial charge in [0.1, 0.15) is 17.9 Å². The van der Waals surface area contributed by atoms with E-state index in [1.165, 1.54) is 31.2 Å². The molecule has 1 aliphatic heterocycles. The minimum atomic E-state index is -1.53. The summed E-state index contributed by atoms with van der Waals surface area (Å²) in [6.45, 7) is 0.935. The fourth-order valence-corrected chi connectivity index (χ4v) is 4.13. The summed E-state index contributed by atoms with van der Waals surface area (Å²) < 4.78 is 1.63. The molecule has 0 radical (unpaired) electrons. The number of anilines is 1. The molecule has 11 nitrogen and oxygen atoms in total. The number of rotatable bonds is 7. The molecule has 35 heavy (non-hydrogen) atoms. The predicted molar refractivity (Wildman–Crippen MR) is 125 cm³/mol. The molecule has 2 N–H and O–H groups in total. The van der Waals surface area contributed by atoms with Crippen molar-refractivity contribution in [1.29, 1.82) is 0 Å². The molecule has 2 aliphatic rings. The average molecular weight is 474 g/mol. The summed E-state index contributed by atoms with van der Waals surface area (Å²) in [7, 11) is 0. The number of hydrogen-bond donors (Lipinski definition) is 2. The van der Waals surface area contributed by atoms with Crippen LogP contribution in [0, 0.1) is 10.1 Å². The molecular formula is C24H22N6O5. The second-order valence-corrected chi connectivity index (χ2v) is 8.78. The third kappa shape index (κ3) is 4.12. The Balaban J connectivity index is 1.35. The van der Waals surface area contributed by atoms with Gasteiger partial charge < -0.3 is 10.6 Å². The molecule has 178 valence electrons. The highest BCUT2D eigenvalue weighted by Gasteiger charge is 2.50. The van der Waals surface area contributed by atoms with Crippen molar-refractivity contribution in [3.05, 3.63) is 82.0 Å². The minimum absolute atomic E-state index is 0.206. The zero-order chi connectivity index (χ0) is 24.7. The highest BCUT2D eigenvalue weighted by molar-refractivity contribution is 6.10. The summed E-state index contributed by atoms with van der Waals surface area (Å²) in [6, 6.07) is 15.9. The van der Waals surface area contributed by atoms with E-state index in [1.807, 2.05) is 36.4 Å². The van der Waals surface area contributed by atoms with Crippen LogP contribution in [0.5, 0.6) is 0 Å². The largest absolute Gasteiger partial charge is 0.325 e. The Bertz CT molecular complexity index is 1350. The van der Waals surface area contributed by atoms with E-state index in [0.717, 1.165) is 29.1 Å². The summed E-state index contributed by atoms with van der Waals surface area (Å²) in [5, 5.41) is 21.1. The Hall–Kier alpha value is -4.54. The quantitative estimate of drug-likeness (QED) is 0.306. The van der Waals surface area contributed by atoms with E-state index in [2.05, 4.69) is 15.7 Å². The zero-order valence-corrected chi connectivity index (χ0v) is 18.8. The van der Waals surface area contributed by atoms with Gasteiger partial charge in [0, 0.05) is 24.1 Å². The van der Waals surface area contributed by atoms with Gasteiger partial charge in [-0.05, 0) is 37.5 Å². The van der Waals surface area contributed by atoms with Crippen molar-refractivity contribution >= 4 is 29.4 Å². The first kappa shape index (κ1) is 22.3. The van der Waals surface area contributed by atoms with Crippen LogP contribution < -0.4 is 10.6 Å². The molecule has 2 aromatic carbocycles. The average Bonchev–Trinajstić information content (AvgIpc) is 3.58. The van der Waals surface area contributed by atoms with Crippen molar-refractivity contribution in [2.24, 2.45) is 0 Å². The van der Waals surface area contributed by atoms with Crippen LogP contribution in [0.1, 0.15) is 36.9 Å². The van der Waals surface area contributed by atoms with Crippen molar-refractivity contribution in [3.8, 4) is 5.69 Å². The fourth-order valence-electron chi connectivity index (χ4n) is 4.13. The van der Waals surface area contributed by atoms with Crippen molar-refractivity contribution in [2.75, 3.05) is 11.9 Å². The maximum atomic E-state index is 13.2. The number of aromatic nitrogens is 2. The van der Waals surface area contributed by atoms with Gasteiger partial charge in [0.25, 0.3) is 11.6 Å². The van der Waals surface area contributed by atoms with Gasteiger partial charge in [-0.2, -0.15) is 5.10 Å². The maximum absolute atomic E-state index is 13.2. The van der Waals surface area contributed by atoms with Crippen LogP contribution in [0.15, 0.2) is 60.7 Å². The second kappa shape index (κ2) is 8.35. The smallest absolute Gasteiger partial charge is 0.319 e. The minimum Gasteiger partial charge on any atom is -0.319 e. The van der Waals surface area contributed by atoms with Crippen LogP contribution in [0.4, 0.5) is 16.3 Å². The molecule has 3 aromatic rings. The lowest BCUT2D eigenvalue weighted by atomic mass is 9.91. The number of urea groups is 1. The van der Waals surface area contributed by atoms with Gasteiger partial charge in [-0.3, -0.25) is 24.6 Å². The molecule has 0 spiro atoms. The molecule has 1 saturated carbocycles. The van der Waals surface area contributed by atoms with E-state index in [9.17, 15) is 24.5 Å². The predicted octanol–water partition coefficient (Wildman–Crippen LogP) is 3.06. The molecule has 1 unspecified atom stereocenters. The maximum Gasteiger partial charge on any atom is 0.325 e. The molecule has 1 atom stereocenters. The number of amides is 4. The molecule has 2 heterocycles. The Morgan fingerprint density at radius 1 is 1.17 bits per heavy atom. The van der Waals surface area contributed by atoms with Crippen LogP contribution >= 0.6 is 0 Å². The van der Waals surface area contributed by atoms with Gasteiger partial charge in [-0.15, -0.1) is 0 Å². The number of nitrogens with one attached hydrogen (secondary N) is 2. The van der Waals surface area contributed by atoms with Gasteiger partial charge in [0.2, 0.25) is 5.91 Å². The molecule has 1 saturated heterocycles. The van der Waals surface area contributed by atoms with Crippen LogP contribution in [0.25, 0.3) is 5.69 Å². The van der Waals surface area contributed by atoms with E-state index < -0.39 is 34.9 Å². The molecule has 2 fully saturated rings. The topological polar surface area (TPSA) is 139 Å². The Morgan fingerprint density at radius 2 is 1.91 bits per heavy atom. The van der Waals surface area contributed by atoms with E-state index in [4.69, 9.17) is 0 Å². The van der Waals surface area contributed by atoms with E-state index in [-0.39, 0.29) is 11.3 Å². The second-order valence-electron chi connectivity index (χ2n) is 8.78. The van der Waals surface area contributed by atoms with Gasteiger partial charge in [-0.25, -0.2) is 9.48 Å². The number of non-ortho nitro benzene ring substituents is 1. The van der Waals surface area contributed by atoms with Crippen molar-refractivity contribution in [2.45, 2.75) is 31.2 Å². The lowest BCUT2D eigenvalue weighted by molar-refractivity contribution is -0.385. The highest BCUT2D eigenvalue weighted by Crippen LogP contribution is 2.40. The molecule has 4 amide bonds. The first-order valence-electron chi connectivity index (χ1n) is 11.1. The molecule has 0 bridgehead atoms. The third-order valence-electron chi connectivity index (χ3n) is 6.20. The normalized spacial score (nSPS) is 19.5. The van der Waals surface area contributed by atoms with Gasteiger partial charge in [-0.1, -0.05) is 30.3 Å². The van der Waals surface area contributed by atoms with Crippen molar-refractivity contribution < 1.29 is 19.3 Å². The number of carbonyl (C=O) groups excluding carboxylic acids is 3. The lowest BCUT2D eigenvalue weighted by Gasteiger charge is -2.22. The molecular weight excluding hydrogens is 452 g/mol. The summed E-state index contributed by atoms with van der Waals surface area (Å²) >= 11 is 0. The lowest BCUT2D eigenvalue weighted by Crippen LogP contribution is -2.42. The number of nitro benzene ring substituents is 1. The molecule has 1 aliphatic carbocycles. The number of para-hydroxylation sites is 1. The van der Waals surface area contributed by atoms with Crippen molar-refractivity contribution in [3.63, 3.8) is 0 Å². The molecule has 1 aromatic heterocycles. The molecule has 5 rings (SSSR count). The first-order valence-corrected chi connectivity index (χ1v) is 11.1. The Morgan fingerprint density at radius 3 is 2.60 bits per heavy atom. The van der Waals surface area contributed by atoms with Gasteiger partial charge >= 0.3 is 6.03 Å². The van der Waals surface area contributed by atoms with Crippen LogP contribution in [0.2, 0.25) is 0 Å². The number of hydrogen-bond acceptors (Lipinski definition) is 6. The summed E-state index contributed by atoms with van der Waals surface area (Å²) in [4.78, 5) is 50.1.